The number of piperidine rings is 1. The minimum absolute atomic E-state index is 0.138. The molecule has 0 spiro atoms. The van der Waals surface area contributed by atoms with Crippen molar-refractivity contribution in [2.75, 3.05) is 6.54 Å². The molecule has 2 rings (SSSR count). The standard InChI is InChI=1S/C16H23NO/c1-12-8-13(2)10-15(9-12)11-17-7-5-4-6-16(17)14(3)18/h8-10,16H,4-7,11H2,1-3H3. The number of aryl methyl sites for hydroxylation is 2. The van der Waals surface area contributed by atoms with Crippen LogP contribution in [0.15, 0.2) is 18.2 Å². The van der Waals surface area contributed by atoms with Gasteiger partial charge in [-0.05, 0) is 45.7 Å². The van der Waals surface area contributed by atoms with Gasteiger partial charge >= 0.3 is 0 Å². The van der Waals surface area contributed by atoms with E-state index >= 15 is 0 Å². The van der Waals surface area contributed by atoms with E-state index < -0.39 is 0 Å². The van der Waals surface area contributed by atoms with Crippen LogP contribution in [-0.2, 0) is 11.3 Å². The van der Waals surface area contributed by atoms with Crippen LogP contribution in [0.1, 0.15) is 42.9 Å². The van der Waals surface area contributed by atoms with E-state index in [2.05, 4.69) is 36.9 Å². The normalized spacial score (nSPS) is 20.9. The average molecular weight is 245 g/mol. The van der Waals surface area contributed by atoms with Crippen LogP contribution in [0.5, 0.6) is 0 Å². The van der Waals surface area contributed by atoms with Crippen LogP contribution in [0.25, 0.3) is 0 Å². The Balaban J connectivity index is 2.13. The van der Waals surface area contributed by atoms with Crippen molar-refractivity contribution in [3.8, 4) is 0 Å². The second kappa shape index (κ2) is 5.66. The van der Waals surface area contributed by atoms with Gasteiger partial charge in [-0.1, -0.05) is 35.7 Å². The summed E-state index contributed by atoms with van der Waals surface area (Å²) >= 11 is 0. The lowest BCUT2D eigenvalue weighted by Gasteiger charge is -2.34. The summed E-state index contributed by atoms with van der Waals surface area (Å²) in [5, 5.41) is 0. The molecule has 0 amide bonds. The molecule has 1 atom stereocenters. The molecule has 0 saturated carbocycles. The fourth-order valence-electron chi connectivity index (χ4n) is 3.04. The first-order valence-corrected chi connectivity index (χ1v) is 6.88. The molecule has 1 fully saturated rings. The number of nitrogens with zero attached hydrogens (tertiary/aromatic N) is 1. The molecule has 18 heavy (non-hydrogen) atoms. The maximum atomic E-state index is 11.7. The summed E-state index contributed by atoms with van der Waals surface area (Å²) in [5.74, 6) is 0.319. The van der Waals surface area contributed by atoms with Crippen LogP contribution in [-0.4, -0.2) is 23.3 Å². The highest BCUT2D eigenvalue weighted by Crippen LogP contribution is 2.21. The predicted octanol–water partition coefficient (Wildman–Crippen LogP) is 3.25. The van der Waals surface area contributed by atoms with Crippen LogP contribution in [0, 0.1) is 13.8 Å². The molecule has 0 aromatic heterocycles. The molecule has 2 nitrogen and oxygen atoms in total. The van der Waals surface area contributed by atoms with Crippen LogP contribution < -0.4 is 0 Å². The third-order valence-corrected chi connectivity index (χ3v) is 3.75. The zero-order chi connectivity index (χ0) is 13.1. The molecule has 0 radical (unpaired) electrons. The lowest BCUT2D eigenvalue weighted by Crippen LogP contribution is -2.43. The molecule has 1 aliphatic rings. The summed E-state index contributed by atoms with van der Waals surface area (Å²) in [6.07, 6.45) is 3.43. The molecule has 2 heteroatoms. The van der Waals surface area contributed by atoms with Gasteiger partial charge in [0.05, 0.1) is 6.04 Å². The van der Waals surface area contributed by atoms with Gasteiger partial charge in [0.25, 0.3) is 0 Å². The van der Waals surface area contributed by atoms with Crippen molar-refractivity contribution in [2.24, 2.45) is 0 Å². The van der Waals surface area contributed by atoms with E-state index in [9.17, 15) is 4.79 Å². The summed E-state index contributed by atoms with van der Waals surface area (Å²) in [7, 11) is 0. The van der Waals surface area contributed by atoms with E-state index in [0.717, 1.165) is 19.5 Å². The number of likely N-dealkylation sites (tertiary alicyclic amines) is 1. The van der Waals surface area contributed by atoms with E-state index in [1.54, 1.807) is 6.92 Å². The van der Waals surface area contributed by atoms with E-state index in [-0.39, 0.29) is 6.04 Å². The maximum Gasteiger partial charge on any atom is 0.146 e. The van der Waals surface area contributed by atoms with Gasteiger partial charge in [-0.15, -0.1) is 0 Å². The smallest absolute Gasteiger partial charge is 0.146 e. The zero-order valence-electron chi connectivity index (χ0n) is 11.7. The molecule has 0 N–H and O–H groups in total. The fraction of sp³-hybridized carbons (Fsp3) is 0.562. The lowest BCUT2D eigenvalue weighted by atomic mass is 9.98. The Bertz CT molecular complexity index is 418. The van der Waals surface area contributed by atoms with E-state index in [0.29, 0.717) is 5.78 Å². The van der Waals surface area contributed by atoms with Crippen molar-refractivity contribution in [3.63, 3.8) is 0 Å². The van der Waals surface area contributed by atoms with Gasteiger partial charge in [-0.2, -0.15) is 0 Å². The van der Waals surface area contributed by atoms with Gasteiger partial charge in [0, 0.05) is 6.54 Å². The third-order valence-electron chi connectivity index (χ3n) is 3.75. The Labute approximate surface area is 110 Å². The second-order valence-electron chi connectivity index (χ2n) is 5.59. The number of Topliss-reactive ketones (excluding diaryl/α,β-unsaturated/α-hetero) is 1. The fourth-order valence-corrected chi connectivity index (χ4v) is 3.04. The maximum absolute atomic E-state index is 11.7. The summed E-state index contributed by atoms with van der Waals surface area (Å²) in [4.78, 5) is 14.0. The van der Waals surface area contributed by atoms with Crippen molar-refractivity contribution in [3.05, 3.63) is 34.9 Å². The first-order chi connectivity index (χ1) is 8.56. The summed E-state index contributed by atoms with van der Waals surface area (Å²) < 4.78 is 0. The zero-order valence-corrected chi connectivity index (χ0v) is 11.7. The number of carbonyl (C=O) groups is 1. The largest absolute Gasteiger partial charge is 0.298 e. The number of ketones is 1. The average Bonchev–Trinajstić information content (AvgIpc) is 2.27. The Morgan fingerprint density at radius 3 is 2.50 bits per heavy atom. The molecular weight excluding hydrogens is 222 g/mol. The van der Waals surface area contributed by atoms with Crippen molar-refractivity contribution in [2.45, 2.75) is 52.6 Å². The van der Waals surface area contributed by atoms with Gasteiger partial charge < -0.3 is 0 Å². The Kier molecular flexibility index (Phi) is 4.18. The first kappa shape index (κ1) is 13.3. The van der Waals surface area contributed by atoms with Gasteiger partial charge in [0.2, 0.25) is 0 Å². The van der Waals surface area contributed by atoms with Crippen molar-refractivity contribution >= 4 is 5.78 Å². The molecule has 1 aromatic rings. The summed E-state index contributed by atoms with van der Waals surface area (Å²) in [6, 6.07) is 6.80. The van der Waals surface area contributed by atoms with Crippen LogP contribution in [0.3, 0.4) is 0 Å². The number of benzene rings is 1. The monoisotopic (exact) mass is 245 g/mol. The minimum Gasteiger partial charge on any atom is -0.298 e. The highest BCUT2D eigenvalue weighted by Gasteiger charge is 2.25. The number of rotatable bonds is 3. The Morgan fingerprint density at radius 1 is 1.22 bits per heavy atom. The molecule has 1 aromatic carbocycles. The Morgan fingerprint density at radius 2 is 1.89 bits per heavy atom. The van der Waals surface area contributed by atoms with Gasteiger partial charge in [0.1, 0.15) is 5.78 Å². The summed E-state index contributed by atoms with van der Waals surface area (Å²) in [6.45, 7) is 7.96. The van der Waals surface area contributed by atoms with E-state index in [4.69, 9.17) is 0 Å². The predicted molar refractivity (Wildman–Crippen MR) is 74.6 cm³/mol. The van der Waals surface area contributed by atoms with Crippen molar-refractivity contribution in [1.29, 1.82) is 0 Å². The third kappa shape index (κ3) is 3.20. The summed E-state index contributed by atoms with van der Waals surface area (Å²) in [5.41, 5.74) is 3.95. The molecule has 1 heterocycles. The minimum atomic E-state index is 0.138. The number of carbonyl (C=O) groups excluding carboxylic acids is 1. The molecular formula is C16H23NO. The van der Waals surface area contributed by atoms with Crippen LogP contribution in [0.2, 0.25) is 0 Å². The SMILES string of the molecule is CC(=O)C1CCCCN1Cc1cc(C)cc(C)c1. The number of hydrogen-bond donors (Lipinski definition) is 0. The highest BCUT2D eigenvalue weighted by atomic mass is 16.1. The second-order valence-corrected chi connectivity index (χ2v) is 5.59. The van der Waals surface area contributed by atoms with E-state index in [1.807, 2.05) is 0 Å². The van der Waals surface area contributed by atoms with E-state index in [1.165, 1.54) is 29.5 Å². The number of hydrogen-bond acceptors (Lipinski definition) is 2. The van der Waals surface area contributed by atoms with Gasteiger partial charge in [0.15, 0.2) is 0 Å². The van der Waals surface area contributed by atoms with Crippen LogP contribution >= 0.6 is 0 Å². The molecule has 1 unspecified atom stereocenters. The molecule has 0 aliphatic carbocycles. The Hall–Kier alpha value is -1.15. The molecule has 0 bridgehead atoms. The van der Waals surface area contributed by atoms with Crippen molar-refractivity contribution in [1.82, 2.24) is 4.90 Å². The molecule has 1 aliphatic heterocycles. The topological polar surface area (TPSA) is 20.3 Å². The van der Waals surface area contributed by atoms with Gasteiger partial charge in [-0.3, -0.25) is 9.69 Å². The molecule has 98 valence electrons. The van der Waals surface area contributed by atoms with Crippen molar-refractivity contribution < 1.29 is 4.79 Å². The lowest BCUT2D eigenvalue weighted by molar-refractivity contribution is -0.123. The van der Waals surface area contributed by atoms with Gasteiger partial charge in [-0.25, -0.2) is 0 Å². The first-order valence-electron chi connectivity index (χ1n) is 6.88. The van der Waals surface area contributed by atoms with Crippen LogP contribution in [0.4, 0.5) is 0 Å². The molecule has 1 saturated heterocycles. The quantitative estimate of drug-likeness (QED) is 0.814. The highest BCUT2D eigenvalue weighted by molar-refractivity contribution is 5.81.